The van der Waals surface area contributed by atoms with E-state index in [9.17, 15) is 0 Å². The summed E-state index contributed by atoms with van der Waals surface area (Å²) in [6.07, 6.45) is 1.75. The molecule has 3 aromatic carbocycles. The van der Waals surface area contributed by atoms with Crippen LogP contribution in [-0.2, 0) is 4.74 Å². The summed E-state index contributed by atoms with van der Waals surface area (Å²) in [5.41, 5.74) is 7.01. The third kappa shape index (κ3) is 6.02. The molecule has 0 aliphatic carbocycles. The molecule has 1 fully saturated rings. The van der Waals surface area contributed by atoms with Crippen LogP contribution < -0.4 is 20.1 Å². The maximum Gasteiger partial charge on any atom is 0.250 e. The second kappa shape index (κ2) is 11.5. The minimum absolute atomic E-state index is 0.365. The first-order valence-corrected chi connectivity index (χ1v) is 12.2. The molecule has 5 rings (SSSR count). The number of rotatable bonds is 8. The highest BCUT2D eigenvalue weighted by atomic mass is 16.5. The number of nitrogens with one attached hydrogen (secondary N) is 1. The van der Waals surface area contributed by atoms with Crippen LogP contribution in [-0.4, -0.2) is 61.6 Å². The van der Waals surface area contributed by atoms with Crippen LogP contribution in [0.5, 0.6) is 0 Å². The van der Waals surface area contributed by atoms with Gasteiger partial charge in [0.1, 0.15) is 0 Å². The molecule has 1 aliphatic heterocycles. The molecule has 0 radical (unpaired) electrons. The van der Waals surface area contributed by atoms with Gasteiger partial charge in [0.05, 0.1) is 19.4 Å². The van der Waals surface area contributed by atoms with Crippen molar-refractivity contribution in [1.82, 2.24) is 15.0 Å². The van der Waals surface area contributed by atoms with Crippen molar-refractivity contribution in [3.05, 3.63) is 90.5 Å². The summed E-state index contributed by atoms with van der Waals surface area (Å²) < 4.78 is 5.54. The Morgan fingerprint density at radius 2 is 1.41 bits per heavy atom. The number of hydrazone groups is 1. The fraction of sp³-hybridized carbons (Fsp3) is 0.214. The zero-order chi connectivity index (χ0) is 25.5. The quantitative estimate of drug-likeness (QED) is 0.279. The van der Waals surface area contributed by atoms with Crippen LogP contribution in [0.4, 0.5) is 34.9 Å². The summed E-state index contributed by atoms with van der Waals surface area (Å²) in [5, 5.41) is 4.42. The zero-order valence-electron chi connectivity index (χ0n) is 21.0. The molecule has 37 heavy (non-hydrogen) atoms. The van der Waals surface area contributed by atoms with E-state index >= 15 is 0 Å². The van der Waals surface area contributed by atoms with Crippen molar-refractivity contribution in [1.29, 1.82) is 0 Å². The normalized spacial score (nSPS) is 13.5. The van der Waals surface area contributed by atoms with Gasteiger partial charge in [-0.3, -0.25) is 4.90 Å². The smallest absolute Gasteiger partial charge is 0.250 e. The molecular weight excluding hydrogens is 464 g/mol. The fourth-order valence-corrected chi connectivity index (χ4v) is 3.97. The number of hydrogen-bond acceptors (Lipinski definition) is 9. The summed E-state index contributed by atoms with van der Waals surface area (Å²) in [6, 6.07) is 28.3. The zero-order valence-corrected chi connectivity index (χ0v) is 21.0. The molecule has 0 spiro atoms. The molecule has 1 aliphatic rings. The van der Waals surface area contributed by atoms with Gasteiger partial charge in [0.15, 0.2) is 0 Å². The number of nitrogens with zero attached hydrogens (tertiary/aromatic N) is 7. The van der Waals surface area contributed by atoms with Crippen molar-refractivity contribution in [2.75, 3.05) is 60.5 Å². The Morgan fingerprint density at radius 1 is 0.784 bits per heavy atom. The molecule has 0 atom stereocenters. The number of ether oxygens (including phenoxy) is 1. The van der Waals surface area contributed by atoms with Gasteiger partial charge < -0.3 is 14.5 Å². The lowest BCUT2D eigenvalue weighted by molar-refractivity contribution is 0.122. The van der Waals surface area contributed by atoms with Crippen LogP contribution in [0.3, 0.4) is 0 Å². The number of benzene rings is 3. The maximum atomic E-state index is 5.54. The van der Waals surface area contributed by atoms with E-state index in [4.69, 9.17) is 14.7 Å². The molecular formula is C28H30N8O. The van der Waals surface area contributed by atoms with E-state index in [0.29, 0.717) is 44.1 Å². The average molecular weight is 495 g/mol. The van der Waals surface area contributed by atoms with E-state index in [1.165, 1.54) is 0 Å². The highest BCUT2D eigenvalue weighted by Crippen LogP contribution is 2.33. The molecule has 0 amide bonds. The molecule has 0 saturated carbocycles. The van der Waals surface area contributed by atoms with Gasteiger partial charge in [0.25, 0.3) is 0 Å². The van der Waals surface area contributed by atoms with Crippen LogP contribution in [0.1, 0.15) is 5.56 Å². The molecule has 9 heteroatoms. The Morgan fingerprint density at radius 3 is 2.00 bits per heavy atom. The Kier molecular flexibility index (Phi) is 7.52. The fourth-order valence-electron chi connectivity index (χ4n) is 3.97. The van der Waals surface area contributed by atoms with Crippen molar-refractivity contribution >= 4 is 41.1 Å². The van der Waals surface area contributed by atoms with E-state index in [0.717, 1.165) is 22.6 Å². The van der Waals surface area contributed by atoms with Crippen molar-refractivity contribution in [3.8, 4) is 0 Å². The number of morpholine rings is 1. The monoisotopic (exact) mass is 494 g/mol. The first kappa shape index (κ1) is 24.2. The maximum absolute atomic E-state index is 5.54. The Hall–Kier alpha value is -4.50. The molecule has 9 nitrogen and oxygen atoms in total. The number of para-hydroxylation sites is 2. The highest BCUT2D eigenvalue weighted by molar-refractivity contribution is 5.81. The number of anilines is 6. The summed E-state index contributed by atoms with van der Waals surface area (Å²) in [4.78, 5) is 20.5. The molecule has 1 aromatic heterocycles. The molecule has 0 unspecified atom stereocenters. The molecule has 2 heterocycles. The summed E-state index contributed by atoms with van der Waals surface area (Å²) in [5.74, 6) is 1.45. The summed E-state index contributed by atoms with van der Waals surface area (Å²) in [6.45, 7) is 2.68. The van der Waals surface area contributed by atoms with Crippen LogP contribution >= 0.6 is 0 Å². The van der Waals surface area contributed by atoms with Crippen molar-refractivity contribution in [3.63, 3.8) is 0 Å². The van der Waals surface area contributed by atoms with Gasteiger partial charge in [-0.1, -0.05) is 48.5 Å². The number of hydrogen-bond donors (Lipinski definition) is 1. The van der Waals surface area contributed by atoms with Crippen LogP contribution in [0.15, 0.2) is 90.0 Å². The van der Waals surface area contributed by atoms with Gasteiger partial charge in [-0.05, 0) is 42.0 Å². The lowest BCUT2D eigenvalue weighted by Crippen LogP contribution is -2.37. The van der Waals surface area contributed by atoms with Crippen LogP contribution in [0.25, 0.3) is 0 Å². The van der Waals surface area contributed by atoms with E-state index in [-0.39, 0.29) is 0 Å². The molecule has 1 saturated heterocycles. The second-order valence-corrected chi connectivity index (χ2v) is 8.72. The van der Waals surface area contributed by atoms with Crippen molar-refractivity contribution in [2.45, 2.75) is 0 Å². The van der Waals surface area contributed by atoms with Crippen LogP contribution in [0.2, 0.25) is 0 Å². The lowest BCUT2D eigenvalue weighted by atomic mass is 10.2. The second-order valence-electron chi connectivity index (χ2n) is 8.72. The Bertz CT molecular complexity index is 1270. The highest BCUT2D eigenvalue weighted by Gasteiger charge is 2.21. The predicted octanol–water partition coefficient (Wildman–Crippen LogP) is 4.69. The molecule has 0 bridgehead atoms. The van der Waals surface area contributed by atoms with E-state index < -0.39 is 0 Å². The van der Waals surface area contributed by atoms with E-state index in [1.807, 2.05) is 91.8 Å². The van der Waals surface area contributed by atoms with Crippen LogP contribution in [0, 0.1) is 0 Å². The Labute approximate surface area is 217 Å². The van der Waals surface area contributed by atoms with Gasteiger partial charge >= 0.3 is 0 Å². The minimum atomic E-state index is 0.365. The van der Waals surface area contributed by atoms with Gasteiger partial charge in [-0.15, -0.1) is 0 Å². The topological polar surface area (TPSA) is 82.0 Å². The van der Waals surface area contributed by atoms with Gasteiger partial charge in [0, 0.05) is 44.2 Å². The molecule has 188 valence electrons. The Balaban J connectivity index is 1.50. The molecule has 1 N–H and O–H groups in total. The SMILES string of the molecule is CN(C)c1ccc(/C=N\Nc2nc(N3CCOCC3)nc(N(c3ccccc3)c3ccccc3)n2)cc1. The average Bonchev–Trinajstić information content (AvgIpc) is 2.95. The minimum Gasteiger partial charge on any atom is -0.378 e. The van der Waals surface area contributed by atoms with Crippen molar-refractivity contribution < 1.29 is 4.74 Å². The number of aromatic nitrogens is 3. The van der Waals surface area contributed by atoms with Gasteiger partial charge in [-0.2, -0.15) is 20.1 Å². The first-order valence-electron chi connectivity index (χ1n) is 12.2. The van der Waals surface area contributed by atoms with Gasteiger partial charge in [0.2, 0.25) is 17.8 Å². The molecule has 4 aromatic rings. The van der Waals surface area contributed by atoms with Crippen molar-refractivity contribution in [2.24, 2.45) is 5.10 Å². The summed E-state index contributed by atoms with van der Waals surface area (Å²) >= 11 is 0. The third-order valence-electron chi connectivity index (χ3n) is 5.92. The third-order valence-corrected chi connectivity index (χ3v) is 5.92. The van der Waals surface area contributed by atoms with Gasteiger partial charge in [-0.25, -0.2) is 5.43 Å². The predicted molar refractivity (Wildman–Crippen MR) is 150 cm³/mol. The largest absolute Gasteiger partial charge is 0.378 e. The van der Waals surface area contributed by atoms with E-state index in [1.54, 1.807) is 6.21 Å². The van der Waals surface area contributed by atoms with E-state index in [2.05, 4.69) is 37.4 Å². The lowest BCUT2D eigenvalue weighted by Gasteiger charge is -2.28. The standard InChI is InChI=1S/C28H30N8O/c1-34(2)23-15-13-22(14-16-23)21-29-33-26-30-27(35-17-19-37-20-18-35)32-28(31-26)36(24-9-5-3-6-10-24)25-11-7-4-8-12-25/h3-16,21H,17-20H2,1-2H3,(H,30,31,32,33)/b29-21-. The first-order chi connectivity index (χ1) is 18.2. The summed E-state index contributed by atoms with van der Waals surface area (Å²) in [7, 11) is 4.03.